The number of ether oxygens (including phenoxy) is 2. The van der Waals surface area contributed by atoms with Crippen molar-refractivity contribution in [2.75, 3.05) is 13.7 Å². The molecule has 0 fully saturated rings. The van der Waals surface area contributed by atoms with Crippen molar-refractivity contribution in [3.05, 3.63) is 59.2 Å². The minimum absolute atomic E-state index is 0.110. The minimum Gasteiger partial charge on any atom is -0.493 e. The Labute approximate surface area is 148 Å². The average molecular weight is 341 g/mol. The number of hydrogen-bond acceptors (Lipinski definition) is 4. The molecular weight excluding hydrogens is 318 g/mol. The lowest BCUT2D eigenvalue weighted by Gasteiger charge is -2.16. The average Bonchev–Trinajstić information content (AvgIpc) is 2.66. The summed E-state index contributed by atoms with van der Waals surface area (Å²) in [6, 6.07) is 12.8. The second kappa shape index (κ2) is 8.87. The van der Waals surface area contributed by atoms with Crippen LogP contribution >= 0.6 is 0 Å². The molecule has 0 radical (unpaired) electrons. The van der Waals surface area contributed by atoms with Gasteiger partial charge in [-0.2, -0.15) is 0 Å². The molecule has 1 N–H and O–H groups in total. The number of carbonyl (C=O) groups excluding carboxylic acids is 2. The molecule has 0 saturated heterocycles. The number of rotatable bonds is 8. The van der Waals surface area contributed by atoms with Gasteiger partial charge < -0.3 is 14.8 Å². The number of methoxy groups -OCH3 is 1. The van der Waals surface area contributed by atoms with Gasteiger partial charge in [0.25, 0.3) is 5.91 Å². The molecule has 0 bridgehead atoms. The first kappa shape index (κ1) is 18.5. The summed E-state index contributed by atoms with van der Waals surface area (Å²) in [4.78, 5) is 22.9. The van der Waals surface area contributed by atoms with Crippen molar-refractivity contribution in [1.82, 2.24) is 5.32 Å². The zero-order valence-electron chi connectivity index (χ0n) is 14.7. The summed E-state index contributed by atoms with van der Waals surface area (Å²) in [6.45, 7) is 3.90. The van der Waals surface area contributed by atoms with Crippen LogP contribution < -0.4 is 14.8 Å². The van der Waals surface area contributed by atoms with Gasteiger partial charge in [-0.05, 0) is 42.7 Å². The maximum absolute atomic E-state index is 12.1. The number of carbonyl (C=O) groups is 2. The van der Waals surface area contributed by atoms with Gasteiger partial charge in [-0.25, -0.2) is 0 Å². The van der Waals surface area contributed by atoms with E-state index in [0.717, 1.165) is 18.3 Å². The first-order valence-electron chi connectivity index (χ1n) is 8.21. The van der Waals surface area contributed by atoms with Crippen molar-refractivity contribution in [1.29, 1.82) is 0 Å². The van der Waals surface area contributed by atoms with Crippen LogP contribution in [0.3, 0.4) is 0 Å². The Morgan fingerprint density at radius 1 is 1.16 bits per heavy atom. The maximum atomic E-state index is 12.1. The molecule has 0 aliphatic heterocycles. The Morgan fingerprint density at radius 3 is 2.48 bits per heavy atom. The highest BCUT2D eigenvalue weighted by Crippen LogP contribution is 2.27. The maximum Gasteiger partial charge on any atom is 0.258 e. The van der Waals surface area contributed by atoms with Crippen molar-refractivity contribution in [3.63, 3.8) is 0 Å². The van der Waals surface area contributed by atoms with Gasteiger partial charge in [0.15, 0.2) is 18.1 Å². The van der Waals surface area contributed by atoms with Crippen LogP contribution in [0.15, 0.2) is 42.5 Å². The topological polar surface area (TPSA) is 64.6 Å². The summed E-state index contributed by atoms with van der Waals surface area (Å²) in [5.41, 5.74) is 2.78. The van der Waals surface area contributed by atoms with E-state index in [4.69, 9.17) is 9.47 Å². The van der Waals surface area contributed by atoms with E-state index in [1.807, 2.05) is 19.1 Å². The zero-order chi connectivity index (χ0) is 18.2. The van der Waals surface area contributed by atoms with E-state index in [9.17, 15) is 9.59 Å². The summed E-state index contributed by atoms with van der Waals surface area (Å²) < 4.78 is 10.7. The third-order valence-electron chi connectivity index (χ3n) is 3.95. The van der Waals surface area contributed by atoms with Crippen LogP contribution in [0.4, 0.5) is 0 Å². The van der Waals surface area contributed by atoms with E-state index in [-0.39, 0.29) is 18.6 Å². The molecule has 0 unspecified atom stereocenters. The molecule has 1 amide bonds. The third-order valence-corrected chi connectivity index (χ3v) is 3.95. The molecule has 0 aromatic heterocycles. The first-order valence-corrected chi connectivity index (χ1v) is 8.21. The molecule has 132 valence electrons. The molecule has 2 aromatic carbocycles. The van der Waals surface area contributed by atoms with Crippen molar-refractivity contribution >= 4 is 12.2 Å². The fourth-order valence-corrected chi connectivity index (χ4v) is 2.43. The van der Waals surface area contributed by atoms with Gasteiger partial charge in [0, 0.05) is 5.56 Å². The molecule has 0 saturated carbocycles. The Bertz CT molecular complexity index is 725. The van der Waals surface area contributed by atoms with E-state index >= 15 is 0 Å². The number of amides is 1. The molecule has 0 aliphatic carbocycles. The standard InChI is InChI=1S/C20H23NO4/c1-4-15-5-8-17(9-6-15)14(2)21-20(23)13-25-18-10-7-16(12-22)11-19(18)24-3/h5-12,14H,4,13H2,1-3H3,(H,21,23)/t14-/m0/s1. The van der Waals surface area contributed by atoms with Crippen LogP contribution in [-0.4, -0.2) is 25.9 Å². The lowest BCUT2D eigenvalue weighted by molar-refractivity contribution is -0.123. The lowest BCUT2D eigenvalue weighted by Crippen LogP contribution is -2.31. The number of hydrogen-bond donors (Lipinski definition) is 1. The summed E-state index contributed by atoms with van der Waals surface area (Å²) in [6.07, 6.45) is 1.71. The van der Waals surface area contributed by atoms with Crippen LogP contribution in [-0.2, 0) is 11.2 Å². The highest BCUT2D eigenvalue weighted by Gasteiger charge is 2.12. The van der Waals surface area contributed by atoms with Crippen molar-refractivity contribution in [2.45, 2.75) is 26.3 Å². The predicted octanol–water partition coefficient (Wildman–Crippen LogP) is 3.33. The monoisotopic (exact) mass is 341 g/mol. The van der Waals surface area contributed by atoms with E-state index in [0.29, 0.717) is 17.1 Å². The van der Waals surface area contributed by atoms with Gasteiger partial charge >= 0.3 is 0 Å². The van der Waals surface area contributed by atoms with Gasteiger partial charge in [0.1, 0.15) is 6.29 Å². The normalized spacial score (nSPS) is 11.5. The van der Waals surface area contributed by atoms with Crippen LogP contribution in [0.25, 0.3) is 0 Å². The number of aldehydes is 1. The van der Waals surface area contributed by atoms with Crippen LogP contribution in [0.1, 0.15) is 41.4 Å². The Hall–Kier alpha value is -2.82. The van der Waals surface area contributed by atoms with Gasteiger partial charge in [-0.1, -0.05) is 31.2 Å². The van der Waals surface area contributed by atoms with Crippen LogP contribution in [0.5, 0.6) is 11.5 Å². The third kappa shape index (κ3) is 5.08. The predicted molar refractivity (Wildman–Crippen MR) is 96.3 cm³/mol. The lowest BCUT2D eigenvalue weighted by atomic mass is 10.1. The van der Waals surface area contributed by atoms with E-state index in [1.165, 1.54) is 12.7 Å². The fourth-order valence-electron chi connectivity index (χ4n) is 2.43. The largest absolute Gasteiger partial charge is 0.493 e. The van der Waals surface area contributed by atoms with Gasteiger partial charge in [-0.3, -0.25) is 9.59 Å². The number of benzene rings is 2. The molecule has 1 atom stereocenters. The molecular formula is C20H23NO4. The molecule has 5 nitrogen and oxygen atoms in total. The molecule has 0 spiro atoms. The molecule has 5 heteroatoms. The van der Waals surface area contributed by atoms with Crippen molar-refractivity contribution in [2.24, 2.45) is 0 Å². The highest BCUT2D eigenvalue weighted by atomic mass is 16.5. The Kier molecular flexibility index (Phi) is 6.57. The van der Waals surface area contributed by atoms with Gasteiger partial charge in [0.05, 0.1) is 13.2 Å². The number of nitrogens with one attached hydrogen (secondary N) is 1. The fraction of sp³-hybridized carbons (Fsp3) is 0.300. The van der Waals surface area contributed by atoms with E-state index in [2.05, 4.69) is 24.4 Å². The SMILES string of the molecule is CCc1ccc([C@H](C)NC(=O)COc2ccc(C=O)cc2OC)cc1. The summed E-state index contributed by atoms with van der Waals surface area (Å²) in [5.74, 6) is 0.609. The zero-order valence-corrected chi connectivity index (χ0v) is 14.7. The van der Waals surface area contributed by atoms with Crippen LogP contribution in [0.2, 0.25) is 0 Å². The molecule has 2 rings (SSSR count). The first-order chi connectivity index (χ1) is 12.1. The van der Waals surface area contributed by atoms with Gasteiger partial charge in [-0.15, -0.1) is 0 Å². The molecule has 0 aliphatic rings. The van der Waals surface area contributed by atoms with Crippen molar-refractivity contribution in [3.8, 4) is 11.5 Å². The van der Waals surface area contributed by atoms with Gasteiger partial charge in [0.2, 0.25) is 0 Å². The van der Waals surface area contributed by atoms with Crippen molar-refractivity contribution < 1.29 is 19.1 Å². The summed E-state index contributed by atoms with van der Waals surface area (Å²) in [7, 11) is 1.49. The minimum atomic E-state index is -0.228. The molecule has 25 heavy (non-hydrogen) atoms. The molecule has 0 heterocycles. The van der Waals surface area contributed by atoms with E-state index in [1.54, 1.807) is 18.2 Å². The number of aryl methyl sites for hydroxylation is 1. The Morgan fingerprint density at radius 2 is 1.88 bits per heavy atom. The smallest absolute Gasteiger partial charge is 0.258 e. The second-order valence-electron chi connectivity index (χ2n) is 5.70. The van der Waals surface area contributed by atoms with Crippen LogP contribution in [0, 0.1) is 0 Å². The summed E-state index contributed by atoms with van der Waals surface area (Å²) in [5, 5.41) is 2.90. The highest BCUT2D eigenvalue weighted by molar-refractivity contribution is 5.78. The summed E-state index contributed by atoms with van der Waals surface area (Å²) >= 11 is 0. The Balaban J connectivity index is 1.92. The quantitative estimate of drug-likeness (QED) is 0.748. The molecule has 2 aromatic rings. The second-order valence-corrected chi connectivity index (χ2v) is 5.70. The van der Waals surface area contributed by atoms with E-state index < -0.39 is 0 Å².